The summed E-state index contributed by atoms with van der Waals surface area (Å²) < 4.78 is 2.28. The van der Waals surface area contributed by atoms with E-state index < -0.39 is 0 Å². The van der Waals surface area contributed by atoms with Gasteiger partial charge >= 0.3 is 0 Å². The lowest BCUT2D eigenvalue weighted by atomic mass is 9.98. The maximum Gasteiger partial charge on any atom is 0.0489 e. The lowest BCUT2D eigenvalue weighted by molar-refractivity contribution is 0.794. The van der Waals surface area contributed by atoms with E-state index in [-0.39, 0.29) is 0 Å². The fourth-order valence-corrected chi connectivity index (χ4v) is 4.25. The Kier molecular flexibility index (Phi) is 12.3. The first-order valence-corrected chi connectivity index (χ1v) is 13.1. The van der Waals surface area contributed by atoms with E-state index in [1.165, 1.54) is 57.3 Å². The van der Waals surface area contributed by atoms with Crippen molar-refractivity contribution in [2.45, 2.75) is 53.4 Å². The van der Waals surface area contributed by atoms with E-state index in [1.54, 1.807) is 6.08 Å². The zero-order valence-corrected chi connectivity index (χ0v) is 22.9. The van der Waals surface area contributed by atoms with Gasteiger partial charge in [-0.1, -0.05) is 125 Å². The molecule has 0 bridgehead atoms. The Hall–Kier alpha value is -3.58. The molecule has 1 aromatic heterocycles. The molecule has 0 saturated heterocycles. The Morgan fingerprint density at radius 3 is 2.22 bits per heavy atom. The molecule has 0 aliphatic rings. The molecular weight excluding hydrogens is 434 g/mol. The maximum absolute atomic E-state index is 3.82. The van der Waals surface area contributed by atoms with Crippen LogP contribution in [0.15, 0.2) is 92.1 Å². The van der Waals surface area contributed by atoms with E-state index >= 15 is 0 Å². The van der Waals surface area contributed by atoms with Crippen molar-refractivity contribution in [3.8, 4) is 0 Å². The quantitative estimate of drug-likeness (QED) is 0.202. The molecule has 3 aromatic rings. The summed E-state index contributed by atoms with van der Waals surface area (Å²) in [7, 11) is 2.14. The van der Waals surface area contributed by atoms with Crippen LogP contribution in [-0.2, 0) is 13.5 Å². The van der Waals surface area contributed by atoms with E-state index in [2.05, 4.69) is 113 Å². The first kappa shape index (κ1) is 28.7. The number of hydrogen-bond donors (Lipinski definition) is 0. The number of aromatic nitrogens is 1. The van der Waals surface area contributed by atoms with Crippen molar-refractivity contribution in [1.29, 1.82) is 0 Å². The molecule has 0 N–H and O–H groups in total. The highest BCUT2D eigenvalue weighted by atomic mass is 14.9. The zero-order chi connectivity index (χ0) is 26.3. The molecule has 0 saturated carbocycles. The van der Waals surface area contributed by atoms with Crippen LogP contribution in [0.1, 0.15) is 66.6 Å². The van der Waals surface area contributed by atoms with Gasteiger partial charge < -0.3 is 4.57 Å². The smallest absolute Gasteiger partial charge is 0.0489 e. The molecule has 0 atom stereocenters. The van der Waals surface area contributed by atoms with Crippen LogP contribution in [0.3, 0.4) is 0 Å². The molecular formula is C35H43N. The number of benzene rings is 2. The van der Waals surface area contributed by atoms with Crippen LogP contribution in [0.25, 0.3) is 29.1 Å². The molecule has 3 rings (SSSR count). The van der Waals surface area contributed by atoms with E-state index in [0.29, 0.717) is 0 Å². The van der Waals surface area contributed by atoms with Gasteiger partial charge in [0.15, 0.2) is 0 Å². The normalized spacial score (nSPS) is 11.7. The van der Waals surface area contributed by atoms with Crippen molar-refractivity contribution >= 4 is 29.1 Å². The Bertz CT molecular complexity index is 1260. The van der Waals surface area contributed by atoms with Crippen LogP contribution in [0.4, 0.5) is 0 Å². The summed E-state index contributed by atoms with van der Waals surface area (Å²) in [4.78, 5) is 0. The second-order valence-electron chi connectivity index (χ2n) is 8.92. The summed E-state index contributed by atoms with van der Waals surface area (Å²) in [6.07, 6.45) is 25.0. The molecule has 1 heterocycles. The summed E-state index contributed by atoms with van der Waals surface area (Å²) in [5.41, 5.74) is 9.20. The number of nitrogens with zero attached hydrogens (tertiary/aromatic N) is 1. The minimum Gasteiger partial charge on any atom is -0.347 e. The Balaban J connectivity index is 0.000000493. The minimum atomic E-state index is 1.10. The largest absolute Gasteiger partial charge is 0.347 e. The molecule has 0 aliphatic heterocycles. The maximum atomic E-state index is 3.82. The van der Waals surface area contributed by atoms with Gasteiger partial charge in [-0.2, -0.15) is 0 Å². The fraction of sp³-hybridized carbons (Fsp3) is 0.257. The third-order valence-electron chi connectivity index (χ3n) is 6.43. The van der Waals surface area contributed by atoms with Gasteiger partial charge in [0.05, 0.1) is 0 Å². The monoisotopic (exact) mass is 477 g/mol. The highest BCUT2D eigenvalue weighted by Gasteiger charge is 2.13. The van der Waals surface area contributed by atoms with Crippen LogP contribution < -0.4 is 0 Å². The molecule has 2 aromatic carbocycles. The topological polar surface area (TPSA) is 4.93 Å². The predicted molar refractivity (Wildman–Crippen MR) is 164 cm³/mol. The predicted octanol–water partition coefficient (Wildman–Crippen LogP) is 10.2. The van der Waals surface area contributed by atoms with E-state index in [4.69, 9.17) is 0 Å². The fourth-order valence-electron chi connectivity index (χ4n) is 4.25. The summed E-state index contributed by atoms with van der Waals surface area (Å²) in [5.74, 6) is 0. The summed E-state index contributed by atoms with van der Waals surface area (Å²) in [5, 5.41) is 1.33. The number of allylic oxidation sites excluding steroid dienone is 7. The van der Waals surface area contributed by atoms with Crippen LogP contribution in [0.2, 0.25) is 0 Å². The van der Waals surface area contributed by atoms with Gasteiger partial charge in [-0.3, -0.25) is 0 Å². The Labute approximate surface area is 219 Å². The molecule has 0 radical (unpaired) electrons. The summed E-state index contributed by atoms with van der Waals surface area (Å²) >= 11 is 0. The number of rotatable bonds is 10. The highest BCUT2D eigenvalue weighted by molar-refractivity contribution is 5.96. The van der Waals surface area contributed by atoms with Gasteiger partial charge in [0.1, 0.15) is 0 Å². The molecule has 0 unspecified atom stereocenters. The van der Waals surface area contributed by atoms with Gasteiger partial charge in [0.25, 0.3) is 0 Å². The van der Waals surface area contributed by atoms with Crippen molar-refractivity contribution in [3.05, 3.63) is 126 Å². The Morgan fingerprint density at radius 2 is 1.53 bits per heavy atom. The van der Waals surface area contributed by atoms with Crippen LogP contribution >= 0.6 is 0 Å². The van der Waals surface area contributed by atoms with Crippen LogP contribution in [0, 0.1) is 13.8 Å². The number of unbranched alkanes of at least 4 members (excludes halogenated alkanes) is 1. The van der Waals surface area contributed by atoms with Crippen molar-refractivity contribution in [1.82, 2.24) is 4.57 Å². The SMILES string of the molecule is C=C/C=C\C=C/CC.C=C/C=C\c1c(C)n(C)c2ccc(/C=C\c3ccccc3CCCC)c(C)c12. The lowest BCUT2D eigenvalue weighted by Crippen LogP contribution is -1.90. The van der Waals surface area contributed by atoms with E-state index in [9.17, 15) is 0 Å². The van der Waals surface area contributed by atoms with Crippen LogP contribution in [-0.4, -0.2) is 4.57 Å². The standard InChI is InChI=1S/C27H31N.C8H12/c1-6-8-12-23-13-10-11-14-24(23)17-16-22-18-19-26-27(20(22)3)25(15-9-7-2)21(4)28(26)5;1-3-5-7-8-6-4-2/h7,9-11,13-19H,2,6,8,12H2,1,3-5H3;3,5-8H,1,4H2,2H3/b15-9-,17-16-;7-5-,8-6-. The van der Waals surface area contributed by atoms with Gasteiger partial charge in [0.2, 0.25) is 0 Å². The first-order chi connectivity index (χ1) is 17.5. The first-order valence-electron chi connectivity index (χ1n) is 13.1. The molecule has 36 heavy (non-hydrogen) atoms. The second kappa shape index (κ2) is 15.4. The van der Waals surface area contributed by atoms with Crippen molar-refractivity contribution in [2.24, 2.45) is 7.05 Å². The average molecular weight is 478 g/mol. The molecule has 188 valence electrons. The highest BCUT2D eigenvalue weighted by Crippen LogP contribution is 2.32. The van der Waals surface area contributed by atoms with Gasteiger partial charge in [0, 0.05) is 29.2 Å². The van der Waals surface area contributed by atoms with Crippen LogP contribution in [0.5, 0.6) is 0 Å². The molecule has 1 nitrogen and oxygen atoms in total. The van der Waals surface area contributed by atoms with Crippen molar-refractivity contribution < 1.29 is 0 Å². The minimum absolute atomic E-state index is 1.10. The van der Waals surface area contributed by atoms with Gasteiger partial charge in [-0.25, -0.2) is 0 Å². The third kappa shape index (κ3) is 7.71. The zero-order valence-electron chi connectivity index (χ0n) is 22.9. The van der Waals surface area contributed by atoms with E-state index in [0.717, 1.165) is 12.8 Å². The molecule has 0 spiro atoms. The third-order valence-corrected chi connectivity index (χ3v) is 6.43. The second-order valence-corrected chi connectivity index (χ2v) is 8.92. The van der Waals surface area contributed by atoms with Gasteiger partial charge in [-0.15, -0.1) is 0 Å². The molecule has 1 heteroatoms. The Morgan fingerprint density at radius 1 is 0.806 bits per heavy atom. The number of hydrogen-bond acceptors (Lipinski definition) is 0. The van der Waals surface area contributed by atoms with Crippen molar-refractivity contribution in [2.75, 3.05) is 0 Å². The lowest BCUT2D eigenvalue weighted by Gasteiger charge is -2.07. The van der Waals surface area contributed by atoms with E-state index in [1.807, 2.05) is 30.4 Å². The average Bonchev–Trinajstić information content (AvgIpc) is 3.14. The number of aryl methyl sites for hydroxylation is 3. The van der Waals surface area contributed by atoms with Gasteiger partial charge in [-0.05, 0) is 61.4 Å². The number of fused-ring (bicyclic) bond motifs is 1. The molecule has 0 amide bonds. The molecule has 0 aliphatic carbocycles. The summed E-state index contributed by atoms with van der Waals surface area (Å²) in [6, 6.07) is 13.2. The molecule has 0 fully saturated rings. The van der Waals surface area contributed by atoms with Crippen molar-refractivity contribution in [3.63, 3.8) is 0 Å². The summed E-state index contributed by atoms with van der Waals surface area (Å²) in [6.45, 7) is 16.1.